The molecule has 0 bridgehead atoms. The van der Waals surface area contributed by atoms with Crippen LogP contribution in [0.5, 0.6) is 5.75 Å². The van der Waals surface area contributed by atoms with Crippen LogP contribution in [0.25, 0.3) is 0 Å². The normalized spacial score (nSPS) is 11.6. The average molecular weight is 291 g/mol. The predicted molar refractivity (Wildman–Crippen MR) is 84.6 cm³/mol. The van der Waals surface area contributed by atoms with E-state index in [9.17, 15) is 4.79 Å². The zero-order valence-electron chi connectivity index (χ0n) is 13.1. The maximum absolute atomic E-state index is 12.2. The molecule has 0 spiro atoms. The second kappa shape index (κ2) is 9.19. The summed E-state index contributed by atoms with van der Waals surface area (Å²) in [5.74, 6) is 0.540. The van der Waals surface area contributed by atoms with E-state index < -0.39 is 0 Å². The number of rotatable bonds is 8. The number of hydrogen-bond acceptors (Lipinski definition) is 3. The fourth-order valence-electron chi connectivity index (χ4n) is 1.83. The van der Waals surface area contributed by atoms with Gasteiger partial charge in [-0.3, -0.25) is 4.79 Å². The Morgan fingerprint density at radius 2 is 2.19 bits per heavy atom. The number of nitrogens with one attached hydrogen (secondary N) is 1. The topological polar surface area (TPSA) is 58.6 Å². The molecule has 116 valence electrons. The maximum atomic E-state index is 12.2. The van der Waals surface area contributed by atoms with Crippen LogP contribution in [0.1, 0.15) is 44.0 Å². The number of ether oxygens (including phenoxy) is 1. The molecule has 0 heterocycles. The largest absolute Gasteiger partial charge is 0.490 e. The molecule has 1 amide bonds. The lowest BCUT2D eigenvalue weighted by molar-refractivity contribution is 0.0928. The van der Waals surface area contributed by atoms with Crippen molar-refractivity contribution in [1.29, 1.82) is 0 Å². The number of carbonyl (C=O) groups excluding carboxylic acids is 1. The first-order chi connectivity index (χ1) is 10.1. The number of hydrogen-bond donors (Lipinski definition) is 2. The van der Waals surface area contributed by atoms with Gasteiger partial charge in [-0.15, -0.1) is 0 Å². The van der Waals surface area contributed by atoms with Crippen LogP contribution in [-0.4, -0.2) is 30.3 Å². The second-order valence-electron chi connectivity index (χ2n) is 5.21. The first-order valence-corrected chi connectivity index (χ1v) is 7.34. The molecule has 0 saturated carbocycles. The van der Waals surface area contributed by atoms with Crippen molar-refractivity contribution in [2.45, 2.75) is 39.7 Å². The van der Waals surface area contributed by atoms with Crippen LogP contribution in [0.2, 0.25) is 0 Å². The van der Waals surface area contributed by atoms with E-state index in [0.29, 0.717) is 24.3 Å². The smallest absolute Gasteiger partial charge is 0.251 e. The van der Waals surface area contributed by atoms with E-state index in [2.05, 4.69) is 5.32 Å². The van der Waals surface area contributed by atoms with Gasteiger partial charge in [0.1, 0.15) is 12.4 Å². The molecule has 1 atom stereocenters. The first-order valence-electron chi connectivity index (χ1n) is 7.34. The summed E-state index contributed by atoms with van der Waals surface area (Å²) >= 11 is 0. The Labute approximate surface area is 126 Å². The number of amides is 1. The van der Waals surface area contributed by atoms with Gasteiger partial charge in [-0.05, 0) is 51.0 Å². The van der Waals surface area contributed by atoms with E-state index in [4.69, 9.17) is 9.84 Å². The van der Waals surface area contributed by atoms with Crippen LogP contribution < -0.4 is 10.1 Å². The Bertz CT molecular complexity index is 479. The number of aliphatic hydroxyl groups excluding tert-OH is 1. The molecule has 21 heavy (non-hydrogen) atoms. The molecule has 2 N–H and O–H groups in total. The molecule has 4 nitrogen and oxygen atoms in total. The van der Waals surface area contributed by atoms with Gasteiger partial charge in [0, 0.05) is 18.2 Å². The van der Waals surface area contributed by atoms with Crippen molar-refractivity contribution < 1.29 is 14.6 Å². The van der Waals surface area contributed by atoms with Crippen LogP contribution in [-0.2, 0) is 0 Å². The minimum Gasteiger partial charge on any atom is -0.490 e. The molecule has 0 radical (unpaired) electrons. The SMILES string of the molecule is CCC(CCO)NC(=O)c1cccc(OCC=C(C)C)c1. The molecular formula is C17H25NO3. The third kappa shape index (κ3) is 6.45. The standard InChI is InChI=1S/C17H25NO3/c1-4-15(8-10-19)18-17(20)14-6-5-7-16(12-14)21-11-9-13(2)3/h5-7,9,12,15,19H,4,8,10-11H2,1-3H3,(H,18,20). The van der Waals surface area contributed by atoms with Gasteiger partial charge in [0.25, 0.3) is 5.91 Å². The average Bonchev–Trinajstić information content (AvgIpc) is 2.46. The van der Waals surface area contributed by atoms with Crippen LogP contribution in [0.4, 0.5) is 0 Å². The molecule has 1 unspecified atom stereocenters. The van der Waals surface area contributed by atoms with Gasteiger partial charge in [-0.1, -0.05) is 18.6 Å². The van der Waals surface area contributed by atoms with E-state index in [1.54, 1.807) is 18.2 Å². The Morgan fingerprint density at radius 3 is 2.81 bits per heavy atom. The van der Waals surface area contributed by atoms with Crippen LogP contribution in [0, 0.1) is 0 Å². The quantitative estimate of drug-likeness (QED) is 0.724. The van der Waals surface area contributed by atoms with Crippen molar-refractivity contribution in [2.75, 3.05) is 13.2 Å². The molecule has 1 rings (SSSR count). The van der Waals surface area contributed by atoms with E-state index in [0.717, 1.165) is 6.42 Å². The first kappa shape index (κ1) is 17.2. The van der Waals surface area contributed by atoms with Crippen molar-refractivity contribution in [2.24, 2.45) is 0 Å². The number of carbonyl (C=O) groups is 1. The Balaban J connectivity index is 2.66. The third-order valence-corrected chi connectivity index (χ3v) is 3.14. The fraction of sp³-hybridized carbons (Fsp3) is 0.471. The van der Waals surface area contributed by atoms with Crippen molar-refractivity contribution in [3.05, 3.63) is 41.5 Å². The lowest BCUT2D eigenvalue weighted by Gasteiger charge is -2.16. The molecule has 4 heteroatoms. The Morgan fingerprint density at radius 1 is 1.43 bits per heavy atom. The van der Waals surface area contributed by atoms with Crippen molar-refractivity contribution in [3.63, 3.8) is 0 Å². The third-order valence-electron chi connectivity index (χ3n) is 3.14. The van der Waals surface area contributed by atoms with E-state index >= 15 is 0 Å². The molecule has 0 aliphatic heterocycles. The van der Waals surface area contributed by atoms with E-state index in [-0.39, 0.29) is 18.6 Å². The van der Waals surface area contributed by atoms with Gasteiger partial charge in [0.15, 0.2) is 0 Å². The molecule has 1 aromatic rings. The van der Waals surface area contributed by atoms with E-state index in [1.807, 2.05) is 32.9 Å². The summed E-state index contributed by atoms with van der Waals surface area (Å²) in [6.45, 7) is 6.58. The predicted octanol–water partition coefficient (Wildman–Crippen LogP) is 2.92. The Kier molecular flexibility index (Phi) is 7.54. The van der Waals surface area contributed by atoms with Crippen molar-refractivity contribution in [3.8, 4) is 5.75 Å². The molecule has 0 saturated heterocycles. The minimum atomic E-state index is -0.136. The molecule has 0 aromatic heterocycles. The number of allylic oxidation sites excluding steroid dienone is 1. The van der Waals surface area contributed by atoms with Gasteiger partial charge in [-0.2, -0.15) is 0 Å². The van der Waals surface area contributed by atoms with Crippen molar-refractivity contribution in [1.82, 2.24) is 5.32 Å². The van der Waals surface area contributed by atoms with Gasteiger partial charge in [-0.25, -0.2) is 0 Å². The molecule has 0 aliphatic rings. The lowest BCUT2D eigenvalue weighted by atomic mass is 10.1. The summed E-state index contributed by atoms with van der Waals surface area (Å²) in [6, 6.07) is 7.13. The second-order valence-corrected chi connectivity index (χ2v) is 5.21. The monoisotopic (exact) mass is 291 g/mol. The molecular weight excluding hydrogens is 266 g/mol. The summed E-state index contributed by atoms with van der Waals surface area (Å²) in [5.41, 5.74) is 1.76. The van der Waals surface area contributed by atoms with Crippen LogP contribution in [0.3, 0.4) is 0 Å². The van der Waals surface area contributed by atoms with Gasteiger partial charge >= 0.3 is 0 Å². The Hall–Kier alpha value is -1.81. The summed E-state index contributed by atoms with van der Waals surface area (Å²) in [4.78, 5) is 12.2. The maximum Gasteiger partial charge on any atom is 0.251 e. The summed E-state index contributed by atoms with van der Waals surface area (Å²) in [6.07, 6.45) is 3.35. The summed E-state index contributed by atoms with van der Waals surface area (Å²) in [7, 11) is 0. The molecule has 0 aliphatic carbocycles. The minimum absolute atomic E-state index is 0.00208. The summed E-state index contributed by atoms with van der Waals surface area (Å²) < 4.78 is 5.59. The fourth-order valence-corrected chi connectivity index (χ4v) is 1.83. The highest BCUT2D eigenvalue weighted by Crippen LogP contribution is 2.14. The molecule has 0 fully saturated rings. The van der Waals surface area contributed by atoms with Gasteiger partial charge in [0.05, 0.1) is 0 Å². The van der Waals surface area contributed by atoms with Crippen molar-refractivity contribution >= 4 is 5.91 Å². The lowest BCUT2D eigenvalue weighted by Crippen LogP contribution is -2.35. The zero-order valence-corrected chi connectivity index (χ0v) is 13.1. The molecule has 1 aromatic carbocycles. The van der Waals surface area contributed by atoms with Crippen LogP contribution >= 0.6 is 0 Å². The van der Waals surface area contributed by atoms with Gasteiger partial charge < -0.3 is 15.2 Å². The van der Waals surface area contributed by atoms with Gasteiger partial charge in [0.2, 0.25) is 0 Å². The summed E-state index contributed by atoms with van der Waals surface area (Å²) in [5, 5.41) is 11.9. The van der Waals surface area contributed by atoms with E-state index in [1.165, 1.54) is 5.57 Å². The highest BCUT2D eigenvalue weighted by atomic mass is 16.5. The number of benzene rings is 1. The zero-order chi connectivity index (χ0) is 15.7. The van der Waals surface area contributed by atoms with Crippen LogP contribution in [0.15, 0.2) is 35.9 Å². The highest BCUT2D eigenvalue weighted by molar-refractivity contribution is 5.94. The number of aliphatic hydroxyl groups is 1. The highest BCUT2D eigenvalue weighted by Gasteiger charge is 2.12.